The minimum absolute atomic E-state index is 0.0302. The van der Waals surface area contributed by atoms with Gasteiger partial charge in [0.05, 0.1) is 5.56 Å². The molecular weight excluding hydrogens is 295 g/mol. The summed E-state index contributed by atoms with van der Waals surface area (Å²) in [7, 11) is 0. The number of carbonyl (C=O) groups excluding carboxylic acids is 2. The van der Waals surface area contributed by atoms with Crippen molar-refractivity contribution in [2.45, 2.75) is 13.8 Å². The SMILES string of the molecule is CC(=O)c1ccc(NC(=O)c2c(C)[nH]c3cc(F)ccc23)cc1. The van der Waals surface area contributed by atoms with Crippen LogP contribution >= 0.6 is 0 Å². The van der Waals surface area contributed by atoms with Crippen molar-refractivity contribution in [3.8, 4) is 0 Å². The number of amides is 1. The summed E-state index contributed by atoms with van der Waals surface area (Å²) in [6, 6.07) is 11.0. The van der Waals surface area contributed by atoms with E-state index in [1.165, 1.54) is 19.1 Å². The normalized spacial score (nSPS) is 10.7. The van der Waals surface area contributed by atoms with E-state index >= 15 is 0 Å². The lowest BCUT2D eigenvalue weighted by molar-refractivity contribution is 0.101. The highest BCUT2D eigenvalue weighted by Gasteiger charge is 2.16. The van der Waals surface area contributed by atoms with Crippen molar-refractivity contribution < 1.29 is 14.0 Å². The molecule has 1 aromatic heterocycles. The maximum absolute atomic E-state index is 13.3. The molecule has 0 aliphatic carbocycles. The molecule has 0 saturated heterocycles. The number of benzene rings is 2. The Morgan fingerprint density at radius 2 is 1.78 bits per heavy atom. The van der Waals surface area contributed by atoms with Crippen LogP contribution in [0.2, 0.25) is 0 Å². The number of halogens is 1. The van der Waals surface area contributed by atoms with Gasteiger partial charge in [0.15, 0.2) is 5.78 Å². The summed E-state index contributed by atoms with van der Waals surface area (Å²) in [6.45, 7) is 3.26. The number of H-pyrrole nitrogens is 1. The Balaban J connectivity index is 1.91. The van der Waals surface area contributed by atoms with Crippen LogP contribution in [0, 0.1) is 12.7 Å². The summed E-state index contributed by atoms with van der Waals surface area (Å²) >= 11 is 0. The molecule has 23 heavy (non-hydrogen) atoms. The predicted octanol–water partition coefficient (Wildman–Crippen LogP) is 4.07. The minimum Gasteiger partial charge on any atom is -0.358 e. The second-order valence-corrected chi connectivity index (χ2v) is 5.40. The van der Waals surface area contributed by atoms with Crippen molar-refractivity contribution in [2.24, 2.45) is 0 Å². The number of hydrogen-bond acceptors (Lipinski definition) is 2. The number of nitrogens with one attached hydrogen (secondary N) is 2. The first-order valence-corrected chi connectivity index (χ1v) is 7.16. The maximum Gasteiger partial charge on any atom is 0.258 e. The van der Waals surface area contributed by atoms with Crippen LogP contribution in [0.1, 0.15) is 33.3 Å². The number of carbonyl (C=O) groups is 2. The van der Waals surface area contributed by atoms with Gasteiger partial charge in [0, 0.05) is 27.8 Å². The molecule has 0 fully saturated rings. The van der Waals surface area contributed by atoms with Crippen molar-refractivity contribution >= 4 is 28.3 Å². The van der Waals surface area contributed by atoms with E-state index in [9.17, 15) is 14.0 Å². The topological polar surface area (TPSA) is 62.0 Å². The smallest absolute Gasteiger partial charge is 0.258 e. The standard InChI is InChI=1S/C18H15FN2O2/c1-10-17(15-8-5-13(19)9-16(15)20-10)18(23)21-14-6-3-12(4-7-14)11(2)22/h3-9,20H,1-2H3,(H,21,23). The zero-order chi connectivity index (χ0) is 16.6. The number of ketones is 1. The first-order chi connectivity index (χ1) is 11.0. The molecule has 0 radical (unpaired) electrons. The minimum atomic E-state index is -0.356. The van der Waals surface area contributed by atoms with Crippen molar-refractivity contribution in [3.05, 3.63) is 65.1 Å². The van der Waals surface area contributed by atoms with Crippen LogP contribution in [-0.2, 0) is 0 Å². The fourth-order valence-corrected chi connectivity index (χ4v) is 2.58. The largest absolute Gasteiger partial charge is 0.358 e. The van der Waals surface area contributed by atoms with Gasteiger partial charge >= 0.3 is 0 Å². The Morgan fingerprint density at radius 3 is 2.43 bits per heavy atom. The van der Waals surface area contributed by atoms with E-state index in [0.717, 1.165) is 0 Å². The van der Waals surface area contributed by atoms with Gasteiger partial charge in [0.25, 0.3) is 5.91 Å². The number of anilines is 1. The molecule has 116 valence electrons. The summed E-state index contributed by atoms with van der Waals surface area (Å²) in [5, 5.41) is 3.46. The van der Waals surface area contributed by atoms with Crippen LogP contribution in [0.4, 0.5) is 10.1 Å². The highest BCUT2D eigenvalue weighted by molar-refractivity contribution is 6.14. The first kappa shape index (κ1) is 15.0. The molecule has 3 rings (SSSR count). The van der Waals surface area contributed by atoms with Crippen LogP contribution in [0.5, 0.6) is 0 Å². The van der Waals surface area contributed by atoms with Crippen LogP contribution in [0.15, 0.2) is 42.5 Å². The van der Waals surface area contributed by atoms with Gasteiger partial charge < -0.3 is 10.3 Å². The summed E-state index contributed by atoms with van der Waals surface area (Å²) in [5.41, 5.74) is 2.91. The van der Waals surface area contributed by atoms with Gasteiger partial charge in [0.2, 0.25) is 0 Å². The zero-order valence-corrected chi connectivity index (χ0v) is 12.7. The summed E-state index contributed by atoms with van der Waals surface area (Å²) in [5.74, 6) is -0.668. The Kier molecular flexibility index (Phi) is 3.70. The highest BCUT2D eigenvalue weighted by Crippen LogP contribution is 2.24. The molecule has 3 aromatic rings. The Bertz CT molecular complexity index is 911. The molecular formula is C18H15FN2O2. The number of aromatic amines is 1. The van der Waals surface area contributed by atoms with E-state index in [2.05, 4.69) is 10.3 Å². The number of fused-ring (bicyclic) bond motifs is 1. The van der Waals surface area contributed by atoms with Gasteiger partial charge in [-0.2, -0.15) is 0 Å². The Hall–Kier alpha value is -2.95. The fraction of sp³-hybridized carbons (Fsp3) is 0.111. The molecule has 4 nitrogen and oxygen atoms in total. The Morgan fingerprint density at radius 1 is 1.09 bits per heavy atom. The number of hydrogen-bond donors (Lipinski definition) is 2. The van der Waals surface area contributed by atoms with E-state index < -0.39 is 0 Å². The summed E-state index contributed by atoms with van der Waals surface area (Å²) < 4.78 is 13.3. The molecule has 5 heteroatoms. The molecule has 1 amide bonds. The summed E-state index contributed by atoms with van der Waals surface area (Å²) in [6.07, 6.45) is 0. The van der Waals surface area contributed by atoms with Crippen molar-refractivity contribution in [1.29, 1.82) is 0 Å². The van der Waals surface area contributed by atoms with Gasteiger partial charge in [-0.1, -0.05) is 0 Å². The van der Waals surface area contributed by atoms with Crippen LogP contribution in [-0.4, -0.2) is 16.7 Å². The molecule has 0 atom stereocenters. The van der Waals surface area contributed by atoms with Crippen molar-refractivity contribution in [1.82, 2.24) is 4.98 Å². The maximum atomic E-state index is 13.3. The van der Waals surface area contributed by atoms with E-state index in [1.54, 1.807) is 37.3 Å². The average Bonchev–Trinajstić information content (AvgIpc) is 2.82. The lowest BCUT2D eigenvalue weighted by Gasteiger charge is -2.06. The van der Waals surface area contributed by atoms with Crippen LogP contribution in [0.3, 0.4) is 0 Å². The predicted molar refractivity (Wildman–Crippen MR) is 87.4 cm³/mol. The molecule has 0 saturated carbocycles. The molecule has 1 heterocycles. The van der Waals surface area contributed by atoms with E-state index in [-0.39, 0.29) is 17.5 Å². The van der Waals surface area contributed by atoms with Gasteiger partial charge in [-0.15, -0.1) is 0 Å². The zero-order valence-electron chi connectivity index (χ0n) is 12.7. The van der Waals surface area contributed by atoms with E-state index in [4.69, 9.17) is 0 Å². The van der Waals surface area contributed by atoms with Crippen LogP contribution in [0.25, 0.3) is 10.9 Å². The highest BCUT2D eigenvalue weighted by atomic mass is 19.1. The summed E-state index contributed by atoms with van der Waals surface area (Å²) in [4.78, 5) is 26.8. The second kappa shape index (κ2) is 5.68. The molecule has 0 unspecified atom stereocenters. The lowest BCUT2D eigenvalue weighted by Crippen LogP contribution is -2.12. The van der Waals surface area contributed by atoms with Gasteiger partial charge in [-0.3, -0.25) is 9.59 Å². The fourth-order valence-electron chi connectivity index (χ4n) is 2.58. The first-order valence-electron chi connectivity index (χ1n) is 7.16. The third kappa shape index (κ3) is 2.85. The average molecular weight is 310 g/mol. The molecule has 2 aromatic carbocycles. The third-order valence-electron chi connectivity index (χ3n) is 3.72. The quantitative estimate of drug-likeness (QED) is 0.716. The molecule has 2 N–H and O–H groups in total. The van der Waals surface area contributed by atoms with Crippen molar-refractivity contribution in [2.75, 3.05) is 5.32 Å². The van der Waals surface area contributed by atoms with Gasteiger partial charge in [-0.05, 0) is 56.3 Å². The Labute approximate surface area is 132 Å². The lowest BCUT2D eigenvalue weighted by atomic mass is 10.1. The number of rotatable bonds is 3. The van der Waals surface area contributed by atoms with Crippen LogP contribution < -0.4 is 5.32 Å². The third-order valence-corrected chi connectivity index (χ3v) is 3.72. The van der Waals surface area contributed by atoms with Gasteiger partial charge in [-0.25, -0.2) is 4.39 Å². The molecule has 0 bridgehead atoms. The van der Waals surface area contributed by atoms with Crippen molar-refractivity contribution in [3.63, 3.8) is 0 Å². The monoisotopic (exact) mass is 310 g/mol. The number of Topliss-reactive ketones (excluding diaryl/α,β-unsaturated/α-hetero) is 1. The molecule has 0 aliphatic rings. The number of aryl methyl sites for hydroxylation is 1. The second-order valence-electron chi connectivity index (χ2n) is 5.40. The number of aromatic nitrogens is 1. The van der Waals surface area contributed by atoms with E-state index in [0.29, 0.717) is 33.4 Å². The molecule has 0 spiro atoms. The molecule has 0 aliphatic heterocycles. The van der Waals surface area contributed by atoms with Gasteiger partial charge in [0.1, 0.15) is 5.82 Å². The van der Waals surface area contributed by atoms with E-state index in [1.807, 2.05) is 0 Å².